The van der Waals surface area contributed by atoms with Gasteiger partial charge in [0.2, 0.25) is 0 Å². The molecule has 0 atom stereocenters. The van der Waals surface area contributed by atoms with Gasteiger partial charge in [-0.2, -0.15) is 0 Å². The molecular weight excluding hydrogens is 380 g/mol. The van der Waals surface area contributed by atoms with E-state index >= 15 is 0 Å². The van der Waals surface area contributed by atoms with E-state index in [1.165, 1.54) is 10.0 Å². The number of rotatable bonds is 2. The highest BCUT2D eigenvalue weighted by molar-refractivity contribution is 7.90. The van der Waals surface area contributed by atoms with Crippen molar-refractivity contribution in [3.05, 3.63) is 48.2 Å². The second-order valence-electron chi connectivity index (χ2n) is 6.98. The highest BCUT2D eigenvalue weighted by Gasteiger charge is 2.24. The molecule has 0 unspecified atom stereocenters. The van der Waals surface area contributed by atoms with E-state index in [4.69, 9.17) is 14.2 Å². The van der Waals surface area contributed by atoms with Crippen molar-refractivity contribution < 1.29 is 22.6 Å². The average Bonchev–Trinajstić information content (AvgIpc) is 3.05. The van der Waals surface area contributed by atoms with E-state index in [-0.39, 0.29) is 4.90 Å². The summed E-state index contributed by atoms with van der Waals surface area (Å²) < 4.78 is 44.8. The zero-order chi connectivity index (χ0) is 19.3. The van der Waals surface area contributed by atoms with Gasteiger partial charge in [-0.15, -0.1) is 0 Å². The Morgan fingerprint density at radius 2 is 1.64 bits per heavy atom. The van der Waals surface area contributed by atoms with Gasteiger partial charge in [0.25, 0.3) is 10.0 Å². The quantitative estimate of drug-likeness (QED) is 0.658. The molecule has 0 amide bonds. The number of hydrogen-bond acceptors (Lipinski definition) is 6. The second kappa shape index (κ2) is 6.42. The summed E-state index contributed by atoms with van der Waals surface area (Å²) in [5.41, 5.74) is 1.64. The highest BCUT2D eigenvalue weighted by atomic mass is 32.2. The van der Waals surface area contributed by atoms with Crippen molar-refractivity contribution in [2.45, 2.75) is 11.4 Å². The van der Waals surface area contributed by atoms with Gasteiger partial charge in [-0.1, -0.05) is 0 Å². The minimum absolute atomic E-state index is 0.164. The van der Waals surface area contributed by atoms with Crippen molar-refractivity contribution in [2.24, 2.45) is 0 Å². The largest absolute Gasteiger partial charge is 0.492 e. The first-order valence-electron chi connectivity index (χ1n) is 9.13. The zero-order valence-corrected chi connectivity index (χ0v) is 16.2. The molecule has 7 nitrogen and oxygen atoms in total. The fourth-order valence-corrected chi connectivity index (χ4v) is 5.06. The summed E-state index contributed by atoms with van der Waals surface area (Å²) >= 11 is 0. The molecule has 3 heterocycles. The second-order valence-corrected chi connectivity index (χ2v) is 8.80. The van der Waals surface area contributed by atoms with Crippen molar-refractivity contribution in [2.75, 3.05) is 33.4 Å². The number of nitrogens with zero attached hydrogens (tertiary/aromatic N) is 2. The number of aromatic nitrogens is 1. The predicted molar refractivity (Wildman–Crippen MR) is 104 cm³/mol. The van der Waals surface area contributed by atoms with E-state index < -0.39 is 10.0 Å². The Morgan fingerprint density at radius 3 is 2.50 bits per heavy atom. The fourth-order valence-electron chi connectivity index (χ4n) is 3.70. The highest BCUT2D eigenvalue weighted by Crippen LogP contribution is 2.35. The van der Waals surface area contributed by atoms with Crippen LogP contribution in [-0.2, 0) is 16.6 Å². The Morgan fingerprint density at radius 1 is 0.893 bits per heavy atom. The molecule has 146 valence electrons. The van der Waals surface area contributed by atoms with Gasteiger partial charge in [0.05, 0.1) is 10.4 Å². The van der Waals surface area contributed by atoms with Gasteiger partial charge in [-0.05, 0) is 37.4 Å². The molecule has 5 rings (SSSR count). The normalized spacial score (nSPS) is 17.0. The third-order valence-corrected chi connectivity index (χ3v) is 6.82. The van der Waals surface area contributed by atoms with Crippen molar-refractivity contribution in [1.82, 2.24) is 8.87 Å². The zero-order valence-electron chi connectivity index (χ0n) is 15.4. The third-order valence-electron chi connectivity index (χ3n) is 5.13. The van der Waals surface area contributed by atoms with Crippen LogP contribution in [0.2, 0.25) is 0 Å². The summed E-state index contributed by atoms with van der Waals surface area (Å²) in [7, 11) is -1.75. The van der Waals surface area contributed by atoms with E-state index in [0.717, 1.165) is 23.2 Å². The Labute approximate surface area is 163 Å². The fraction of sp³-hybridized carbons (Fsp3) is 0.300. The van der Waals surface area contributed by atoms with Crippen LogP contribution in [0.25, 0.3) is 10.9 Å². The first-order chi connectivity index (χ1) is 13.5. The molecule has 3 aromatic rings. The molecule has 2 aromatic carbocycles. The Hall–Kier alpha value is -2.71. The lowest BCUT2D eigenvalue weighted by atomic mass is 10.1. The van der Waals surface area contributed by atoms with Crippen LogP contribution in [0.5, 0.6) is 17.2 Å². The van der Waals surface area contributed by atoms with Gasteiger partial charge in [-0.3, -0.25) is 4.90 Å². The maximum atomic E-state index is 13.3. The molecule has 0 radical (unpaired) electrons. The monoisotopic (exact) mass is 400 g/mol. The summed E-state index contributed by atoms with van der Waals surface area (Å²) in [5, 5.41) is 0.882. The van der Waals surface area contributed by atoms with Crippen LogP contribution in [0.3, 0.4) is 0 Å². The molecule has 0 bridgehead atoms. The number of ether oxygens (including phenoxy) is 3. The average molecular weight is 400 g/mol. The molecular formula is C20H20N2O5S. The van der Waals surface area contributed by atoms with Gasteiger partial charge in [0.15, 0.2) is 11.5 Å². The predicted octanol–water partition coefficient (Wildman–Crippen LogP) is 2.47. The summed E-state index contributed by atoms with van der Waals surface area (Å²) in [4.78, 5) is 2.33. The van der Waals surface area contributed by atoms with Crippen molar-refractivity contribution in [3.8, 4) is 17.2 Å². The number of benzene rings is 2. The summed E-state index contributed by atoms with van der Waals surface area (Å²) in [6, 6.07) is 10.2. The van der Waals surface area contributed by atoms with Crippen LogP contribution < -0.4 is 14.2 Å². The van der Waals surface area contributed by atoms with Gasteiger partial charge >= 0.3 is 0 Å². The molecule has 0 aliphatic carbocycles. The number of likely N-dealkylation sites (N-methyl/N-ethyl adjacent to an activating group) is 1. The Kier molecular flexibility index (Phi) is 3.99. The van der Waals surface area contributed by atoms with Gasteiger partial charge < -0.3 is 14.2 Å². The molecule has 8 heteroatoms. The van der Waals surface area contributed by atoms with Gasteiger partial charge in [-0.25, -0.2) is 12.4 Å². The smallest absolute Gasteiger partial charge is 0.268 e. The van der Waals surface area contributed by atoms with Crippen molar-refractivity contribution in [1.29, 1.82) is 0 Å². The molecule has 0 fully saturated rings. The molecule has 0 spiro atoms. The number of fused-ring (bicyclic) bond motifs is 4. The maximum Gasteiger partial charge on any atom is 0.268 e. The SMILES string of the molecule is CN1CCOc2ccc3c(ccn3S(=O)(=O)c3ccc4c(c3)OCCO4)c2C1. The first-order valence-corrected chi connectivity index (χ1v) is 10.6. The molecule has 0 N–H and O–H groups in total. The summed E-state index contributed by atoms with van der Waals surface area (Å²) in [6.07, 6.45) is 1.60. The Balaban J connectivity index is 1.63. The van der Waals surface area contributed by atoms with Gasteiger partial charge in [0.1, 0.15) is 25.6 Å². The van der Waals surface area contributed by atoms with E-state index in [1.807, 2.05) is 19.2 Å². The van der Waals surface area contributed by atoms with E-state index in [9.17, 15) is 8.42 Å². The number of hydrogen-bond donors (Lipinski definition) is 0. The van der Waals surface area contributed by atoms with Crippen LogP contribution in [0, 0.1) is 0 Å². The maximum absolute atomic E-state index is 13.3. The summed E-state index contributed by atoms with van der Waals surface area (Å²) in [6.45, 7) is 3.02. The standard InChI is InChI=1S/C20H20N2O5S/c1-21-8-9-25-18-5-3-17-15(16(18)13-21)6-7-22(17)28(23,24)14-2-4-19-20(12-14)27-11-10-26-19/h2-7,12H,8-11,13H2,1H3. The lowest BCUT2D eigenvalue weighted by Gasteiger charge is -2.19. The molecule has 2 aliphatic rings. The first kappa shape index (κ1) is 17.4. The Bertz CT molecular complexity index is 1170. The lowest BCUT2D eigenvalue weighted by Crippen LogP contribution is -2.20. The van der Waals surface area contributed by atoms with Crippen LogP contribution in [0.1, 0.15) is 5.56 Å². The lowest BCUT2D eigenvalue weighted by molar-refractivity contribution is 0.171. The summed E-state index contributed by atoms with van der Waals surface area (Å²) in [5.74, 6) is 1.83. The van der Waals surface area contributed by atoms with Crippen molar-refractivity contribution in [3.63, 3.8) is 0 Å². The molecule has 28 heavy (non-hydrogen) atoms. The van der Waals surface area contributed by atoms with Crippen molar-refractivity contribution >= 4 is 20.9 Å². The van der Waals surface area contributed by atoms with E-state index in [2.05, 4.69) is 4.90 Å². The van der Waals surface area contributed by atoms with Crippen LogP contribution >= 0.6 is 0 Å². The molecule has 2 aliphatic heterocycles. The third kappa shape index (κ3) is 2.71. The minimum Gasteiger partial charge on any atom is -0.492 e. The molecule has 0 saturated carbocycles. The van der Waals surface area contributed by atoms with E-state index in [0.29, 0.717) is 43.4 Å². The van der Waals surface area contributed by atoms with Crippen LogP contribution in [-0.4, -0.2) is 50.7 Å². The minimum atomic E-state index is -3.78. The van der Waals surface area contributed by atoms with Gasteiger partial charge in [0, 0.05) is 36.3 Å². The van der Waals surface area contributed by atoms with Crippen LogP contribution in [0.15, 0.2) is 47.5 Å². The topological polar surface area (TPSA) is 70.0 Å². The van der Waals surface area contributed by atoms with E-state index in [1.54, 1.807) is 24.4 Å². The molecule has 1 aromatic heterocycles. The molecule has 0 saturated heterocycles. The van der Waals surface area contributed by atoms with Crippen LogP contribution in [0.4, 0.5) is 0 Å².